The second-order valence-electron chi connectivity index (χ2n) is 9.94. The van der Waals surface area contributed by atoms with Gasteiger partial charge in [0.05, 0.1) is 13.2 Å². The lowest BCUT2D eigenvalue weighted by molar-refractivity contribution is -0.148. The molecule has 8 heteroatoms. The van der Waals surface area contributed by atoms with Gasteiger partial charge in [0, 0.05) is 12.1 Å². The summed E-state index contributed by atoms with van der Waals surface area (Å²) >= 11 is 0. The Hall–Kier alpha value is -2.84. The number of fused-ring (bicyclic) bond motifs is 1. The minimum absolute atomic E-state index is 0.123. The number of benzene rings is 2. The molecule has 1 N–H and O–H groups in total. The number of nitrogens with zero attached hydrogens (tertiary/aromatic N) is 1. The maximum absolute atomic E-state index is 13.0. The number of nitrogens with one attached hydrogen (secondary N) is 1. The maximum atomic E-state index is 13.0. The molecule has 0 bridgehead atoms. The van der Waals surface area contributed by atoms with Crippen molar-refractivity contribution in [2.45, 2.75) is 59.3 Å². The van der Waals surface area contributed by atoms with Crippen molar-refractivity contribution in [3.8, 4) is 5.75 Å². The number of esters is 1. The number of ether oxygens (including phenoxy) is 2. The number of carbonyl (C=O) groups excluding carboxylic acids is 2. The van der Waals surface area contributed by atoms with Crippen molar-refractivity contribution in [1.29, 1.82) is 0 Å². The van der Waals surface area contributed by atoms with Crippen LogP contribution in [0.2, 0.25) is 0 Å². The third kappa shape index (κ3) is 6.68. The quantitative estimate of drug-likeness (QED) is 0.296. The van der Waals surface area contributed by atoms with Gasteiger partial charge in [0.15, 0.2) is 0 Å². The van der Waals surface area contributed by atoms with E-state index < -0.39 is 12.0 Å². The van der Waals surface area contributed by atoms with Crippen LogP contribution < -0.4 is 15.5 Å². The van der Waals surface area contributed by atoms with E-state index in [1.165, 1.54) is 25.9 Å². The zero-order valence-electron chi connectivity index (χ0n) is 21.5. The van der Waals surface area contributed by atoms with Crippen molar-refractivity contribution < 1.29 is 23.7 Å². The number of carbonyl (C=O) groups is 2. The smallest absolute Gasteiger partial charge is 0.331 e. The van der Waals surface area contributed by atoms with Crippen molar-refractivity contribution in [1.82, 2.24) is 10.2 Å². The summed E-state index contributed by atoms with van der Waals surface area (Å²) in [6, 6.07) is 10.5. The van der Waals surface area contributed by atoms with E-state index in [9.17, 15) is 9.59 Å². The molecule has 0 unspecified atom stereocenters. The SMILES string of the molecule is Cc1c(C(=O)N[C@H](C(=O)OCc2ccc(OCCCN3CCCC3)cc2)C(C)C)ccc2c1[B]OC2. The molecule has 2 aromatic carbocycles. The molecule has 1 saturated heterocycles. The van der Waals surface area contributed by atoms with Crippen LogP contribution in [0.5, 0.6) is 5.75 Å². The van der Waals surface area contributed by atoms with Crippen LogP contribution in [0.25, 0.3) is 0 Å². The first kappa shape index (κ1) is 26.2. The summed E-state index contributed by atoms with van der Waals surface area (Å²) in [6.07, 6.45) is 3.62. The molecule has 0 aliphatic carbocycles. The Labute approximate surface area is 214 Å². The number of hydrogen-bond acceptors (Lipinski definition) is 6. The molecule has 0 spiro atoms. The van der Waals surface area contributed by atoms with Crippen LogP contribution in [0.1, 0.15) is 60.2 Å². The fourth-order valence-electron chi connectivity index (χ4n) is 4.66. The van der Waals surface area contributed by atoms with Crippen LogP contribution >= 0.6 is 0 Å². The van der Waals surface area contributed by atoms with E-state index in [1.54, 1.807) is 13.5 Å². The fourth-order valence-corrected chi connectivity index (χ4v) is 4.66. The van der Waals surface area contributed by atoms with Gasteiger partial charge in [-0.1, -0.05) is 32.0 Å². The van der Waals surface area contributed by atoms with Gasteiger partial charge in [-0.25, -0.2) is 4.79 Å². The van der Waals surface area contributed by atoms with E-state index in [2.05, 4.69) is 10.2 Å². The van der Waals surface area contributed by atoms with Crippen molar-refractivity contribution >= 4 is 24.8 Å². The molecule has 1 atom stereocenters. The highest BCUT2D eigenvalue weighted by Gasteiger charge is 2.28. The molecule has 36 heavy (non-hydrogen) atoms. The number of hydrogen-bond donors (Lipinski definition) is 1. The van der Waals surface area contributed by atoms with Gasteiger partial charge in [-0.05, 0) is 85.5 Å². The average molecular weight is 491 g/mol. The highest BCUT2D eigenvalue weighted by molar-refractivity contribution is 6.49. The van der Waals surface area contributed by atoms with Crippen LogP contribution in [-0.2, 0) is 27.4 Å². The second-order valence-corrected chi connectivity index (χ2v) is 9.94. The molecule has 7 nitrogen and oxygen atoms in total. The molecule has 2 aromatic rings. The first-order chi connectivity index (χ1) is 17.4. The zero-order chi connectivity index (χ0) is 25.5. The standard InChI is InChI=1S/C28H36BN2O5/c1-19(2)26(30-27(32)24-12-9-22-18-36-29-25(22)20(24)3)28(33)35-17-21-7-10-23(11-8-21)34-16-6-15-31-13-4-5-14-31/h7-12,19,26H,4-6,13-18H2,1-3H3,(H,30,32)/t26-/m0/s1. The van der Waals surface area contributed by atoms with E-state index in [0.717, 1.165) is 40.9 Å². The van der Waals surface area contributed by atoms with Gasteiger partial charge in [-0.3, -0.25) is 4.79 Å². The van der Waals surface area contributed by atoms with Crippen LogP contribution in [0, 0.1) is 12.8 Å². The van der Waals surface area contributed by atoms with E-state index in [4.69, 9.17) is 14.1 Å². The van der Waals surface area contributed by atoms with Gasteiger partial charge >= 0.3 is 13.5 Å². The minimum atomic E-state index is -0.747. The van der Waals surface area contributed by atoms with Gasteiger partial charge in [0.1, 0.15) is 18.4 Å². The first-order valence-corrected chi connectivity index (χ1v) is 12.9. The van der Waals surface area contributed by atoms with E-state index in [0.29, 0.717) is 18.8 Å². The molecule has 1 radical (unpaired) electrons. The highest BCUT2D eigenvalue weighted by atomic mass is 16.5. The molecule has 0 aromatic heterocycles. The van der Waals surface area contributed by atoms with Gasteiger partial charge in [0.25, 0.3) is 5.91 Å². The fraction of sp³-hybridized carbons (Fsp3) is 0.500. The molecule has 2 aliphatic heterocycles. The predicted octanol–water partition coefficient (Wildman–Crippen LogP) is 3.13. The summed E-state index contributed by atoms with van der Waals surface area (Å²) in [5, 5.41) is 2.87. The van der Waals surface area contributed by atoms with E-state index in [1.807, 2.05) is 51.1 Å². The van der Waals surface area contributed by atoms with Crippen LogP contribution in [-0.4, -0.2) is 56.5 Å². The topological polar surface area (TPSA) is 77.1 Å². The Bertz CT molecular complexity index is 1050. The molecular formula is C28H36BN2O5. The van der Waals surface area contributed by atoms with E-state index in [-0.39, 0.29) is 18.4 Å². The van der Waals surface area contributed by atoms with Gasteiger partial charge in [0.2, 0.25) is 0 Å². The Morgan fingerprint density at radius 1 is 1.11 bits per heavy atom. The summed E-state index contributed by atoms with van der Waals surface area (Å²) in [6.45, 7) is 10.5. The van der Waals surface area contributed by atoms with Crippen molar-refractivity contribution in [3.05, 3.63) is 58.7 Å². The Morgan fingerprint density at radius 3 is 2.58 bits per heavy atom. The maximum Gasteiger partial charge on any atom is 0.331 e. The number of likely N-dealkylation sites (tertiary alicyclic amines) is 1. The molecule has 2 heterocycles. The summed E-state index contributed by atoms with van der Waals surface area (Å²) in [5.41, 5.74) is 4.24. The summed E-state index contributed by atoms with van der Waals surface area (Å²) in [7, 11) is 1.68. The molecule has 191 valence electrons. The van der Waals surface area contributed by atoms with E-state index >= 15 is 0 Å². The third-order valence-electron chi connectivity index (χ3n) is 6.89. The Balaban J connectivity index is 1.25. The minimum Gasteiger partial charge on any atom is -0.494 e. The number of amides is 1. The third-order valence-corrected chi connectivity index (χ3v) is 6.89. The lowest BCUT2D eigenvalue weighted by Crippen LogP contribution is -2.45. The summed E-state index contributed by atoms with van der Waals surface area (Å²) in [4.78, 5) is 28.3. The molecular weight excluding hydrogens is 455 g/mol. The summed E-state index contributed by atoms with van der Waals surface area (Å²) < 4.78 is 16.8. The molecule has 1 fully saturated rings. The van der Waals surface area contributed by atoms with Crippen molar-refractivity contribution in [3.63, 3.8) is 0 Å². The normalized spacial score (nSPS) is 15.9. The second kappa shape index (κ2) is 12.4. The Kier molecular flexibility index (Phi) is 9.05. The zero-order valence-corrected chi connectivity index (χ0v) is 21.5. The average Bonchev–Trinajstić information content (AvgIpc) is 3.57. The van der Waals surface area contributed by atoms with Crippen LogP contribution in [0.3, 0.4) is 0 Å². The molecule has 0 saturated carbocycles. The van der Waals surface area contributed by atoms with Crippen LogP contribution in [0.4, 0.5) is 0 Å². The van der Waals surface area contributed by atoms with Crippen LogP contribution in [0.15, 0.2) is 36.4 Å². The lowest BCUT2D eigenvalue weighted by Gasteiger charge is -2.22. The number of rotatable bonds is 11. The highest BCUT2D eigenvalue weighted by Crippen LogP contribution is 2.17. The van der Waals surface area contributed by atoms with Gasteiger partial charge in [-0.2, -0.15) is 0 Å². The van der Waals surface area contributed by atoms with Gasteiger partial charge < -0.3 is 24.3 Å². The summed E-state index contributed by atoms with van der Waals surface area (Å²) in [5.74, 6) is -0.0552. The van der Waals surface area contributed by atoms with Crippen molar-refractivity contribution in [2.75, 3.05) is 26.2 Å². The largest absolute Gasteiger partial charge is 0.494 e. The monoisotopic (exact) mass is 491 g/mol. The Morgan fingerprint density at radius 2 is 1.86 bits per heavy atom. The lowest BCUT2D eigenvalue weighted by atomic mass is 9.81. The predicted molar refractivity (Wildman–Crippen MR) is 139 cm³/mol. The molecule has 4 rings (SSSR count). The first-order valence-electron chi connectivity index (χ1n) is 12.9. The molecule has 2 aliphatic rings. The van der Waals surface area contributed by atoms with Gasteiger partial charge in [-0.15, -0.1) is 0 Å². The molecule has 1 amide bonds. The van der Waals surface area contributed by atoms with Crippen molar-refractivity contribution in [2.24, 2.45) is 5.92 Å².